The van der Waals surface area contributed by atoms with Crippen molar-refractivity contribution in [1.29, 1.82) is 0 Å². The number of hydrogen-bond donors (Lipinski definition) is 3. The highest BCUT2D eigenvalue weighted by Gasteiger charge is 2.22. The number of ether oxygens (including phenoxy) is 1. The Bertz CT molecular complexity index is 536. The van der Waals surface area contributed by atoms with E-state index in [-0.39, 0.29) is 30.6 Å². The second kappa shape index (κ2) is 9.57. The number of anilines is 1. The summed E-state index contributed by atoms with van der Waals surface area (Å²) in [5.41, 5.74) is 1.87. The van der Waals surface area contributed by atoms with Gasteiger partial charge in [-0.25, -0.2) is 0 Å². The van der Waals surface area contributed by atoms with Gasteiger partial charge in [0.2, 0.25) is 5.91 Å². The van der Waals surface area contributed by atoms with Crippen LogP contribution in [0.2, 0.25) is 0 Å². The Labute approximate surface area is 144 Å². The predicted octanol–water partition coefficient (Wildman–Crippen LogP) is 2.64. The van der Waals surface area contributed by atoms with Crippen molar-refractivity contribution in [3.05, 3.63) is 42.0 Å². The molecule has 24 heavy (non-hydrogen) atoms. The van der Waals surface area contributed by atoms with Crippen molar-refractivity contribution in [1.82, 2.24) is 5.32 Å². The van der Waals surface area contributed by atoms with Gasteiger partial charge < -0.3 is 20.5 Å². The normalized spacial score (nSPS) is 20.2. The summed E-state index contributed by atoms with van der Waals surface area (Å²) in [7, 11) is 1.70. The minimum absolute atomic E-state index is 0.0313. The molecule has 5 nitrogen and oxygen atoms in total. The van der Waals surface area contributed by atoms with Crippen LogP contribution in [0.5, 0.6) is 0 Å². The van der Waals surface area contributed by atoms with Gasteiger partial charge in [-0.1, -0.05) is 31.2 Å². The van der Waals surface area contributed by atoms with Crippen LogP contribution in [0.4, 0.5) is 5.69 Å². The quantitative estimate of drug-likeness (QED) is 0.640. The van der Waals surface area contributed by atoms with E-state index in [2.05, 4.69) is 23.6 Å². The number of carbonyl (C=O) groups is 1. The summed E-state index contributed by atoms with van der Waals surface area (Å²) < 4.78 is 5.62. The fourth-order valence-electron chi connectivity index (χ4n) is 3.03. The van der Waals surface area contributed by atoms with Crippen molar-refractivity contribution in [2.45, 2.75) is 38.3 Å². The predicted molar refractivity (Wildman–Crippen MR) is 95.9 cm³/mol. The van der Waals surface area contributed by atoms with Gasteiger partial charge in [0.1, 0.15) is 0 Å². The molecule has 1 aromatic carbocycles. The van der Waals surface area contributed by atoms with Crippen molar-refractivity contribution >= 4 is 11.6 Å². The van der Waals surface area contributed by atoms with E-state index in [9.17, 15) is 4.79 Å². The molecule has 1 aromatic rings. The third-order valence-corrected chi connectivity index (χ3v) is 4.35. The molecule has 1 fully saturated rings. The number of amides is 1. The lowest BCUT2D eigenvalue weighted by atomic mass is 9.96. The maximum absolute atomic E-state index is 12.1. The van der Waals surface area contributed by atoms with Gasteiger partial charge in [0.15, 0.2) is 0 Å². The van der Waals surface area contributed by atoms with Crippen molar-refractivity contribution < 1.29 is 14.6 Å². The summed E-state index contributed by atoms with van der Waals surface area (Å²) in [6.07, 6.45) is 6.58. The molecule has 1 amide bonds. The number of benzene rings is 1. The fraction of sp³-hybridized carbons (Fsp3) is 0.526. The topological polar surface area (TPSA) is 70.6 Å². The van der Waals surface area contributed by atoms with Crippen molar-refractivity contribution in [2.24, 2.45) is 5.92 Å². The first-order chi connectivity index (χ1) is 11.7. The van der Waals surface area contributed by atoms with Gasteiger partial charge in [-0.05, 0) is 43.5 Å². The summed E-state index contributed by atoms with van der Waals surface area (Å²) in [6, 6.07) is 7.73. The minimum atomic E-state index is -0.0758. The fourth-order valence-corrected chi connectivity index (χ4v) is 3.03. The van der Waals surface area contributed by atoms with Crippen LogP contribution in [0.15, 0.2) is 36.4 Å². The molecule has 1 aliphatic rings. The van der Waals surface area contributed by atoms with Crippen LogP contribution in [-0.4, -0.2) is 37.3 Å². The van der Waals surface area contributed by atoms with Gasteiger partial charge in [0, 0.05) is 25.3 Å². The van der Waals surface area contributed by atoms with Gasteiger partial charge >= 0.3 is 0 Å². The Balaban J connectivity index is 1.97. The van der Waals surface area contributed by atoms with E-state index < -0.39 is 0 Å². The number of methoxy groups -OCH3 is 1. The summed E-state index contributed by atoms with van der Waals surface area (Å²) in [6.45, 7) is 3.16. The number of rotatable bonds is 8. The lowest BCUT2D eigenvalue weighted by Crippen LogP contribution is -2.35. The molecule has 3 N–H and O–H groups in total. The lowest BCUT2D eigenvalue weighted by Gasteiger charge is -2.21. The lowest BCUT2D eigenvalue weighted by molar-refractivity contribution is -0.117. The Morgan fingerprint density at radius 2 is 2.21 bits per heavy atom. The minimum Gasteiger partial charge on any atom is -0.396 e. The largest absolute Gasteiger partial charge is 0.396 e. The molecule has 3 atom stereocenters. The molecule has 0 saturated carbocycles. The SMILES string of the molecule is CO[C@H](c1ccc(NC(=O)[C@H]2CCCN2)cc1)[C@H](C)/C=C/CCO. The summed E-state index contributed by atoms with van der Waals surface area (Å²) in [5.74, 6) is 0.230. The first kappa shape index (κ1) is 18.6. The van der Waals surface area contributed by atoms with Gasteiger partial charge in [0.25, 0.3) is 0 Å². The second-order valence-electron chi connectivity index (χ2n) is 6.22. The van der Waals surface area contributed by atoms with Gasteiger partial charge in [-0.15, -0.1) is 0 Å². The molecule has 1 saturated heterocycles. The first-order valence-corrected chi connectivity index (χ1v) is 8.60. The zero-order valence-corrected chi connectivity index (χ0v) is 14.5. The third-order valence-electron chi connectivity index (χ3n) is 4.35. The van der Waals surface area contributed by atoms with Gasteiger partial charge in [-0.3, -0.25) is 4.79 Å². The standard InChI is InChI=1S/C19H28N2O3/c1-14(6-3-4-13-22)18(24-2)15-8-10-16(11-9-15)21-19(23)17-7-5-12-20-17/h3,6,8-11,14,17-18,20,22H,4-5,7,12-13H2,1-2H3,(H,21,23)/b6-3+/t14-,17-,18+/m1/s1. The van der Waals surface area contributed by atoms with Crippen LogP contribution in [-0.2, 0) is 9.53 Å². The molecule has 132 valence electrons. The molecular formula is C19H28N2O3. The van der Waals surface area contributed by atoms with Crippen LogP contribution >= 0.6 is 0 Å². The van der Waals surface area contributed by atoms with E-state index in [1.54, 1.807) is 7.11 Å². The molecule has 0 unspecified atom stereocenters. The molecule has 0 aromatic heterocycles. The highest BCUT2D eigenvalue weighted by Crippen LogP contribution is 2.27. The Morgan fingerprint density at radius 3 is 2.79 bits per heavy atom. The first-order valence-electron chi connectivity index (χ1n) is 8.60. The average molecular weight is 332 g/mol. The zero-order chi connectivity index (χ0) is 17.4. The van der Waals surface area contributed by atoms with Crippen molar-refractivity contribution in [2.75, 3.05) is 25.6 Å². The zero-order valence-electron chi connectivity index (χ0n) is 14.5. The van der Waals surface area contributed by atoms with E-state index >= 15 is 0 Å². The van der Waals surface area contributed by atoms with Gasteiger partial charge in [0.05, 0.1) is 12.1 Å². The van der Waals surface area contributed by atoms with E-state index in [0.29, 0.717) is 6.42 Å². The van der Waals surface area contributed by atoms with E-state index in [0.717, 1.165) is 30.6 Å². The molecule has 1 heterocycles. The number of carbonyl (C=O) groups excluding carboxylic acids is 1. The highest BCUT2D eigenvalue weighted by atomic mass is 16.5. The van der Waals surface area contributed by atoms with E-state index in [1.165, 1.54) is 0 Å². The smallest absolute Gasteiger partial charge is 0.241 e. The molecule has 2 rings (SSSR count). The van der Waals surface area contributed by atoms with E-state index in [1.807, 2.05) is 30.3 Å². The molecular weight excluding hydrogens is 304 g/mol. The van der Waals surface area contributed by atoms with Gasteiger partial charge in [-0.2, -0.15) is 0 Å². The van der Waals surface area contributed by atoms with Crippen LogP contribution in [0, 0.1) is 5.92 Å². The van der Waals surface area contributed by atoms with Crippen LogP contribution in [0.25, 0.3) is 0 Å². The molecule has 0 spiro atoms. The monoisotopic (exact) mass is 332 g/mol. The van der Waals surface area contributed by atoms with Crippen molar-refractivity contribution in [3.8, 4) is 0 Å². The van der Waals surface area contributed by atoms with Crippen LogP contribution in [0.3, 0.4) is 0 Å². The number of hydrogen-bond acceptors (Lipinski definition) is 4. The van der Waals surface area contributed by atoms with Crippen LogP contribution < -0.4 is 10.6 Å². The molecule has 5 heteroatoms. The summed E-state index contributed by atoms with van der Waals surface area (Å²) in [4.78, 5) is 12.1. The third kappa shape index (κ3) is 5.16. The Hall–Kier alpha value is -1.69. The Kier molecular flexibility index (Phi) is 7.43. The summed E-state index contributed by atoms with van der Waals surface area (Å²) >= 11 is 0. The van der Waals surface area contributed by atoms with Crippen LogP contribution in [0.1, 0.15) is 37.9 Å². The molecule has 0 aliphatic carbocycles. The highest BCUT2D eigenvalue weighted by molar-refractivity contribution is 5.95. The number of aliphatic hydroxyl groups excluding tert-OH is 1. The number of nitrogens with one attached hydrogen (secondary N) is 2. The maximum atomic E-state index is 12.1. The van der Waals surface area contributed by atoms with E-state index in [4.69, 9.17) is 9.84 Å². The molecule has 1 aliphatic heterocycles. The Morgan fingerprint density at radius 1 is 1.46 bits per heavy atom. The molecule has 0 bridgehead atoms. The number of aliphatic hydroxyl groups is 1. The summed E-state index contributed by atoms with van der Waals surface area (Å²) in [5, 5.41) is 15.0. The van der Waals surface area contributed by atoms with Crippen molar-refractivity contribution in [3.63, 3.8) is 0 Å². The average Bonchev–Trinajstić information content (AvgIpc) is 3.12. The molecule has 0 radical (unpaired) electrons. The maximum Gasteiger partial charge on any atom is 0.241 e. The second-order valence-corrected chi connectivity index (χ2v) is 6.22.